The minimum atomic E-state index is -4.11. The molecule has 0 aliphatic carbocycles. The zero-order chi connectivity index (χ0) is 25.5. The first-order valence-electron chi connectivity index (χ1n) is 11.5. The Hall–Kier alpha value is -3.08. The van der Waals surface area contributed by atoms with Crippen molar-refractivity contribution in [3.05, 3.63) is 102 Å². The average Bonchev–Trinajstić information content (AvgIpc) is 2.89. The second kappa shape index (κ2) is 11.8. The van der Waals surface area contributed by atoms with Crippen molar-refractivity contribution in [2.24, 2.45) is 0 Å². The normalized spacial score (nSPS) is 22.2. The van der Waals surface area contributed by atoms with Gasteiger partial charge in [0.25, 0.3) is 10.1 Å². The van der Waals surface area contributed by atoms with E-state index in [1.165, 1.54) is 12.1 Å². The Morgan fingerprint density at radius 1 is 0.972 bits per heavy atom. The standard InChI is InChI=1S/C27H28O8S/c1-19-12-14-22(15-13-19)36(30,31)33-18-24-26(35-27(29)21-10-6-3-7-11-21)23(16-25(28)34-24)32-17-20-8-4-2-5-9-20/h2-15,23-26,28H,16-18H2,1H3/t23-,24+,25?,26+/m0/s1. The first kappa shape index (κ1) is 26.0. The molecule has 3 aromatic rings. The van der Waals surface area contributed by atoms with Crippen molar-refractivity contribution in [2.45, 2.75) is 49.4 Å². The van der Waals surface area contributed by atoms with Crippen molar-refractivity contribution in [3.8, 4) is 0 Å². The van der Waals surface area contributed by atoms with E-state index >= 15 is 0 Å². The molecule has 190 valence electrons. The Kier molecular flexibility index (Phi) is 8.50. The second-order valence-corrected chi connectivity index (χ2v) is 10.1. The summed E-state index contributed by atoms with van der Waals surface area (Å²) in [4.78, 5) is 12.8. The molecular formula is C27H28O8S. The number of aryl methyl sites for hydroxylation is 1. The van der Waals surface area contributed by atoms with Crippen LogP contribution in [0.3, 0.4) is 0 Å². The molecule has 0 spiro atoms. The van der Waals surface area contributed by atoms with Crippen LogP contribution in [0.15, 0.2) is 89.8 Å². The number of hydrogen-bond acceptors (Lipinski definition) is 8. The summed E-state index contributed by atoms with van der Waals surface area (Å²) in [5.74, 6) is -0.625. The van der Waals surface area contributed by atoms with Gasteiger partial charge >= 0.3 is 5.97 Å². The SMILES string of the molecule is Cc1ccc(S(=O)(=O)OC[C@H]2OC(O)C[C@H](OCc3ccccc3)[C@H]2OC(=O)c2ccccc2)cc1. The summed E-state index contributed by atoms with van der Waals surface area (Å²) in [6.07, 6.45) is -4.12. The lowest BCUT2D eigenvalue weighted by atomic mass is 10.0. The van der Waals surface area contributed by atoms with Gasteiger partial charge in [0.1, 0.15) is 12.2 Å². The zero-order valence-corrected chi connectivity index (χ0v) is 20.5. The summed E-state index contributed by atoms with van der Waals surface area (Å²) < 4.78 is 48.1. The molecule has 0 saturated carbocycles. The van der Waals surface area contributed by atoms with Crippen LogP contribution in [0.5, 0.6) is 0 Å². The molecule has 9 heteroatoms. The van der Waals surface area contributed by atoms with Gasteiger partial charge < -0.3 is 19.3 Å². The molecule has 4 atom stereocenters. The molecule has 8 nitrogen and oxygen atoms in total. The Bertz CT molecular complexity index is 1230. The second-order valence-electron chi connectivity index (χ2n) is 8.49. The molecule has 1 heterocycles. The lowest BCUT2D eigenvalue weighted by Crippen LogP contribution is -2.53. The molecule has 1 saturated heterocycles. The third-order valence-corrected chi connectivity index (χ3v) is 7.05. The van der Waals surface area contributed by atoms with Crippen LogP contribution in [-0.2, 0) is 35.1 Å². The van der Waals surface area contributed by atoms with Gasteiger partial charge in [-0.3, -0.25) is 4.18 Å². The highest BCUT2D eigenvalue weighted by molar-refractivity contribution is 7.86. The van der Waals surface area contributed by atoms with Crippen molar-refractivity contribution in [1.82, 2.24) is 0 Å². The summed E-state index contributed by atoms with van der Waals surface area (Å²) in [6, 6.07) is 24.0. The van der Waals surface area contributed by atoms with E-state index in [9.17, 15) is 18.3 Å². The van der Waals surface area contributed by atoms with E-state index in [1.54, 1.807) is 42.5 Å². The highest BCUT2D eigenvalue weighted by Crippen LogP contribution is 2.27. The molecular weight excluding hydrogens is 484 g/mol. The maximum Gasteiger partial charge on any atom is 0.338 e. The number of ether oxygens (including phenoxy) is 3. The lowest BCUT2D eigenvalue weighted by Gasteiger charge is -2.39. The first-order valence-corrected chi connectivity index (χ1v) is 12.9. The number of carbonyl (C=O) groups is 1. The Morgan fingerprint density at radius 3 is 2.28 bits per heavy atom. The molecule has 1 aliphatic heterocycles. The average molecular weight is 513 g/mol. The summed E-state index contributed by atoms with van der Waals surface area (Å²) in [6.45, 7) is 1.56. The van der Waals surface area contributed by atoms with Gasteiger partial charge in [-0.25, -0.2) is 4.79 Å². The number of carbonyl (C=O) groups excluding carboxylic acids is 1. The first-order chi connectivity index (χ1) is 17.3. The smallest absolute Gasteiger partial charge is 0.338 e. The largest absolute Gasteiger partial charge is 0.453 e. The zero-order valence-electron chi connectivity index (χ0n) is 19.7. The van der Waals surface area contributed by atoms with Gasteiger partial charge in [0.05, 0.1) is 23.7 Å². The fourth-order valence-electron chi connectivity index (χ4n) is 3.83. The van der Waals surface area contributed by atoms with Gasteiger partial charge in [0.15, 0.2) is 12.4 Å². The number of benzene rings is 3. The van der Waals surface area contributed by atoms with Crippen LogP contribution < -0.4 is 0 Å². The van der Waals surface area contributed by atoms with Gasteiger partial charge in [-0.15, -0.1) is 0 Å². The molecule has 0 bridgehead atoms. The maximum atomic E-state index is 12.9. The van der Waals surface area contributed by atoms with Crippen LogP contribution in [-0.4, -0.2) is 50.7 Å². The van der Waals surface area contributed by atoms with Crippen molar-refractivity contribution in [3.63, 3.8) is 0 Å². The van der Waals surface area contributed by atoms with Crippen LogP contribution in [0.4, 0.5) is 0 Å². The van der Waals surface area contributed by atoms with E-state index < -0.39 is 47.3 Å². The van der Waals surface area contributed by atoms with Crippen LogP contribution >= 0.6 is 0 Å². The highest BCUT2D eigenvalue weighted by Gasteiger charge is 2.43. The predicted octanol–water partition coefficient (Wildman–Crippen LogP) is 3.62. The summed E-state index contributed by atoms with van der Waals surface area (Å²) in [5, 5.41) is 10.3. The molecule has 3 aromatic carbocycles. The molecule has 0 amide bonds. The molecule has 36 heavy (non-hydrogen) atoms. The molecule has 4 rings (SSSR count). The van der Waals surface area contributed by atoms with Crippen molar-refractivity contribution < 1.29 is 36.7 Å². The Labute approximate surface area is 210 Å². The van der Waals surface area contributed by atoms with E-state index in [0.717, 1.165) is 11.1 Å². The van der Waals surface area contributed by atoms with E-state index in [-0.39, 0.29) is 17.9 Å². The van der Waals surface area contributed by atoms with Crippen LogP contribution in [0.25, 0.3) is 0 Å². The van der Waals surface area contributed by atoms with Crippen molar-refractivity contribution >= 4 is 16.1 Å². The van der Waals surface area contributed by atoms with E-state index in [2.05, 4.69) is 0 Å². The highest BCUT2D eigenvalue weighted by atomic mass is 32.2. The molecule has 1 N–H and O–H groups in total. The molecule has 1 aliphatic rings. The topological polar surface area (TPSA) is 108 Å². The number of aliphatic hydroxyl groups excluding tert-OH is 1. The van der Waals surface area contributed by atoms with Gasteiger partial charge in [-0.05, 0) is 36.8 Å². The summed E-state index contributed by atoms with van der Waals surface area (Å²) in [5.41, 5.74) is 2.11. The third kappa shape index (κ3) is 6.77. The van der Waals surface area contributed by atoms with E-state index in [0.29, 0.717) is 5.56 Å². The van der Waals surface area contributed by atoms with Crippen molar-refractivity contribution in [2.75, 3.05) is 6.61 Å². The van der Waals surface area contributed by atoms with Crippen LogP contribution in [0, 0.1) is 6.92 Å². The Balaban J connectivity index is 1.53. The minimum Gasteiger partial charge on any atom is -0.453 e. The van der Waals surface area contributed by atoms with Crippen LogP contribution in [0.2, 0.25) is 0 Å². The van der Waals surface area contributed by atoms with Gasteiger partial charge in [0.2, 0.25) is 0 Å². The number of esters is 1. The summed E-state index contributed by atoms with van der Waals surface area (Å²) in [7, 11) is -4.11. The number of aliphatic hydroxyl groups is 1. The minimum absolute atomic E-state index is 0.0147. The van der Waals surface area contributed by atoms with Gasteiger partial charge in [-0.2, -0.15) is 8.42 Å². The third-order valence-electron chi connectivity index (χ3n) is 5.76. The fraction of sp³-hybridized carbons (Fsp3) is 0.296. The van der Waals surface area contributed by atoms with Crippen molar-refractivity contribution in [1.29, 1.82) is 0 Å². The quantitative estimate of drug-likeness (QED) is 0.342. The number of hydrogen-bond donors (Lipinski definition) is 1. The van der Waals surface area contributed by atoms with E-state index in [4.69, 9.17) is 18.4 Å². The molecule has 0 radical (unpaired) electrons. The molecule has 1 unspecified atom stereocenters. The molecule has 0 aromatic heterocycles. The lowest BCUT2D eigenvalue weighted by molar-refractivity contribution is -0.247. The monoisotopic (exact) mass is 512 g/mol. The van der Waals surface area contributed by atoms with Gasteiger partial charge in [-0.1, -0.05) is 66.2 Å². The predicted molar refractivity (Wildman–Crippen MR) is 130 cm³/mol. The summed E-state index contributed by atoms with van der Waals surface area (Å²) >= 11 is 0. The molecule has 1 fully saturated rings. The van der Waals surface area contributed by atoms with Gasteiger partial charge in [0, 0.05) is 6.42 Å². The fourth-order valence-corrected chi connectivity index (χ4v) is 4.75. The number of rotatable bonds is 9. The maximum absolute atomic E-state index is 12.9. The Morgan fingerprint density at radius 2 is 1.61 bits per heavy atom. The van der Waals surface area contributed by atoms with Crippen LogP contribution in [0.1, 0.15) is 27.9 Å². The van der Waals surface area contributed by atoms with E-state index in [1.807, 2.05) is 37.3 Å².